The van der Waals surface area contributed by atoms with Crippen molar-refractivity contribution in [2.45, 2.75) is 26.2 Å². The first-order valence-corrected chi connectivity index (χ1v) is 9.32. The Morgan fingerprint density at radius 2 is 1.81 bits per heavy atom. The Balaban J connectivity index is 1.59. The second-order valence-electron chi connectivity index (χ2n) is 6.39. The lowest BCUT2D eigenvalue weighted by Crippen LogP contribution is -2.29. The van der Waals surface area contributed by atoms with Gasteiger partial charge in [-0.2, -0.15) is 0 Å². The number of carbonyl (C=O) groups excluding carboxylic acids is 1. The number of amides is 1. The van der Waals surface area contributed by atoms with E-state index in [1.54, 1.807) is 6.08 Å². The molecule has 1 N–H and O–H groups in total. The van der Waals surface area contributed by atoms with E-state index in [9.17, 15) is 4.79 Å². The van der Waals surface area contributed by atoms with Gasteiger partial charge in [0.2, 0.25) is 5.91 Å². The molecule has 0 atom stereocenters. The Bertz CT molecular complexity index is 747. The van der Waals surface area contributed by atoms with Crippen LogP contribution in [0.15, 0.2) is 54.6 Å². The number of ether oxygens (including phenoxy) is 1. The van der Waals surface area contributed by atoms with Crippen LogP contribution in [-0.4, -0.2) is 25.6 Å². The molecule has 136 valence electrons. The Kier molecular flexibility index (Phi) is 6.31. The van der Waals surface area contributed by atoms with Crippen molar-refractivity contribution in [2.75, 3.05) is 29.9 Å². The zero-order chi connectivity index (χ0) is 18.2. The molecule has 3 rings (SSSR count). The highest BCUT2D eigenvalue weighted by Crippen LogP contribution is 2.22. The van der Waals surface area contributed by atoms with Crippen molar-refractivity contribution in [1.82, 2.24) is 0 Å². The maximum absolute atomic E-state index is 12.2. The van der Waals surface area contributed by atoms with Crippen molar-refractivity contribution >= 4 is 23.4 Å². The summed E-state index contributed by atoms with van der Waals surface area (Å²) in [4.78, 5) is 14.6. The average molecular weight is 350 g/mol. The summed E-state index contributed by atoms with van der Waals surface area (Å²) in [7, 11) is 0. The fourth-order valence-electron chi connectivity index (χ4n) is 3.16. The molecule has 2 aromatic rings. The molecule has 0 aromatic heterocycles. The van der Waals surface area contributed by atoms with Crippen molar-refractivity contribution in [2.24, 2.45) is 0 Å². The van der Waals surface area contributed by atoms with Crippen molar-refractivity contribution in [1.29, 1.82) is 0 Å². The van der Waals surface area contributed by atoms with Gasteiger partial charge in [-0.15, -0.1) is 0 Å². The molecule has 1 saturated heterocycles. The molecule has 0 bridgehead atoms. The van der Waals surface area contributed by atoms with E-state index in [1.807, 2.05) is 43.3 Å². The lowest BCUT2D eigenvalue weighted by Gasteiger charge is -2.28. The average Bonchev–Trinajstić information content (AvgIpc) is 2.69. The van der Waals surface area contributed by atoms with E-state index < -0.39 is 0 Å². The molecule has 26 heavy (non-hydrogen) atoms. The summed E-state index contributed by atoms with van der Waals surface area (Å²) in [6.07, 6.45) is 7.15. The Labute approximate surface area is 155 Å². The topological polar surface area (TPSA) is 41.6 Å². The van der Waals surface area contributed by atoms with Crippen LogP contribution in [-0.2, 0) is 4.79 Å². The van der Waals surface area contributed by atoms with Crippen molar-refractivity contribution in [3.63, 3.8) is 0 Å². The lowest BCUT2D eigenvalue weighted by atomic mass is 10.1. The van der Waals surface area contributed by atoms with Crippen LogP contribution in [0.1, 0.15) is 31.7 Å². The molecule has 1 aliphatic rings. The van der Waals surface area contributed by atoms with Gasteiger partial charge in [0.1, 0.15) is 5.75 Å². The summed E-state index contributed by atoms with van der Waals surface area (Å²) in [6.45, 7) is 4.78. The van der Waals surface area contributed by atoms with Crippen LogP contribution < -0.4 is 15.0 Å². The van der Waals surface area contributed by atoms with Gasteiger partial charge in [0, 0.05) is 36.1 Å². The maximum atomic E-state index is 12.2. The number of nitrogens with zero attached hydrogens (tertiary/aromatic N) is 1. The standard InChI is InChI=1S/C22H26N2O2/c1-2-26-21-9-5-4-8-18(21)10-15-22(25)23-19-11-13-20(14-12-19)24-16-6-3-7-17-24/h4-5,8-15H,2-3,6-7,16-17H2,1H3,(H,23,25). The van der Waals surface area contributed by atoms with Gasteiger partial charge in [0.25, 0.3) is 0 Å². The Hall–Kier alpha value is -2.75. The monoisotopic (exact) mass is 350 g/mol. The number of benzene rings is 2. The first-order chi connectivity index (χ1) is 12.8. The van der Waals surface area contributed by atoms with E-state index in [0.717, 1.165) is 30.1 Å². The molecule has 1 fully saturated rings. The molecule has 0 radical (unpaired) electrons. The fourth-order valence-corrected chi connectivity index (χ4v) is 3.16. The number of hydrogen-bond acceptors (Lipinski definition) is 3. The molecule has 0 spiro atoms. The minimum absolute atomic E-state index is 0.151. The van der Waals surface area contributed by atoms with E-state index in [-0.39, 0.29) is 5.91 Å². The van der Waals surface area contributed by atoms with E-state index >= 15 is 0 Å². The molecular formula is C22H26N2O2. The van der Waals surface area contributed by atoms with Crippen molar-refractivity contribution < 1.29 is 9.53 Å². The van der Waals surface area contributed by atoms with E-state index in [4.69, 9.17) is 4.74 Å². The largest absolute Gasteiger partial charge is 0.493 e. The first-order valence-electron chi connectivity index (χ1n) is 9.32. The highest BCUT2D eigenvalue weighted by Gasteiger charge is 2.10. The molecule has 4 nitrogen and oxygen atoms in total. The summed E-state index contributed by atoms with van der Waals surface area (Å²) in [5.41, 5.74) is 2.92. The molecule has 4 heteroatoms. The summed E-state index contributed by atoms with van der Waals surface area (Å²) in [6, 6.07) is 15.8. The zero-order valence-corrected chi connectivity index (χ0v) is 15.3. The zero-order valence-electron chi connectivity index (χ0n) is 15.3. The number of hydrogen-bond donors (Lipinski definition) is 1. The van der Waals surface area contributed by atoms with E-state index in [1.165, 1.54) is 31.0 Å². The minimum Gasteiger partial charge on any atom is -0.493 e. The number of piperidine rings is 1. The van der Waals surface area contributed by atoms with Crippen LogP contribution in [0.2, 0.25) is 0 Å². The van der Waals surface area contributed by atoms with Gasteiger partial charge < -0.3 is 15.0 Å². The molecule has 1 aliphatic heterocycles. The number of nitrogens with one attached hydrogen (secondary N) is 1. The van der Waals surface area contributed by atoms with Gasteiger partial charge in [-0.05, 0) is 62.6 Å². The maximum Gasteiger partial charge on any atom is 0.248 e. The van der Waals surface area contributed by atoms with Gasteiger partial charge in [-0.3, -0.25) is 4.79 Å². The van der Waals surface area contributed by atoms with Gasteiger partial charge >= 0.3 is 0 Å². The van der Waals surface area contributed by atoms with Crippen LogP contribution in [0.4, 0.5) is 11.4 Å². The van der Waals surface area contributed by atoms with Gasteiger partial charge in [0.15, 0.2) is 0 Å². The van der Waals surface area contributed by atoms with Crippen molar-refractivity contribution in [3.8, 4) is 5.75 Å². The highest BCUT2D eigenvalue weighted by atomic mass is 16.5. The van der Waals surface area contributed by atoms with E-state index in [0.29, 0.717) is 6.61 Å². The lowest BCUT2D eigenvalue weighted by molar-refractivity contribution is -0.111. The normalized spacial score (nSPS) is 14.4. The molecule has 0 aliphatic carbocycles. The predicted octanol–water partition coefficient (Wildman–Crippen LogP) is 4.73. The van der Waals surface area contributed by atoms with Gasteiger partial charge in [-0.25, -0.2) is 0 Å². The summed E-state index contributed by atoms with van der Waals surface area (Å²) >= 11 is 0. The number of anilines is 2. The van der Waals surface area contributed by atoms with E-state index in [2.05, 4.69) is 22.3 Å². The molecule has 2 aromatic carbocycles. The third-order valence-electron chi connectivity index (χ3n) is 4.49. The molecule has 1 amide bonds. The van der Waals surface area contributed by atoms with Crippen LogP contribution in [0.3, 0.4) is 0 Å². The van der Waals surface area contributed by atoms with Crippen LogP contribution in [0.25, 0.3) is 6.08 Å². The van der Waals surface area contributed by atoms with Crippen molar-refractivity contribution in [3.05, 3.63) is 60.2 Å². The quantitative estimate of drug-likeness (QED) is 0.766. The third-order valence-corrected chi connectivity index (χ3v) is 4.49. The molecule has 0 saturated carbocycles. The van der Waals surface area contributed by atoms with Crippen LogP contribution in [0.5, 0.6) is 5.75 Å². The summed E-state index contributed by atoms with van der Waals surface area (Å²) in [5, 5.41) is 2.91. The molecular weight excluding hydrogens is 324 g/mol. The van der Waals surface area contributed by atoms with Crippen LogP contribution >= 0.6 is 0 Å². The SMILES string of the molecule is CCOc1ccccc1C=CC(=O)Nc1ccc(N2CCCCC2)cc1. The third kappa shape index (κ3) is 4.88. The molecule has 0 unspecified atom stereocenters. The predicted molar refractivity (Wildman–Crippen MR) is 108 cm³/mol. The summed E-state index contributed by atoms with van der Waals surface area (Å²) < 4.78 is 5.57. The number of para-hydroxylation sites is 1. The van der Waals surface area contributed by atoms with Gasteiger partial charge in [-0.1, -0.05) is 18.2 Å². The summed E-state index contributed by atoms with van der Waals surface area (Å²) in [5.74, 6) is 0.631. The van der Waals surface area contributed by atoms with Crippen LogP contribution in [0, 0.1) is 0 Å². The number of rotatable bonds is 6. The second kappa shape index (κ2) is 9.09. The second-order valence-corrected chi connectivity index (χ2v) is 6.39. The number of carbonyl (C=O) groups is 1. The smallest absolute Gasteiger partial charge is 0.248 e. The Morgan fingerprint density at radius 1 is 1.08 bits per heavy atom. The molecule has 1 heterocycles. The highest BCUT2D eigenvalue weighted by molar-refractivity contribution is 6.02. The minimum atomic E-state index is -0.151. The fraction of sp³-hybridized carbons (Fsp3) is 0.318. The van der Waals surface area contributed by atoms with Gasteiger partial charge in [0.05, 0.1) is 6.61 Å². The Morgan fingerprint density at radius 3 is 2.54 bits per heavy atom. The first kappa shape index (κ1) is 18.1.